The van der Waals surface area contributed by atoms with Gasteiger partial charge in [0.15, 0.2) is 12.2 Å². The van der Waals surface area contributed by atoms with E-state index in [1.807, 2.05) is 0 Å². The van der Waals surface area contributed by atoms with E-state index >= 15 is 0 Å². The number of hydrogen-bond donors (Lipinski definition) is 7. The first-order valence-electron chi connectivity index (χ1n) is 10.7. The van der Waals surface area contributed by atoms with E-state index < -0.39 is 48.6 Å². The summed E-state index contributed by atoms with van der Waals surface area (Å²) in [4.78, 5) is 17.6. The molecule has 2 heterocycles. The highest BCUT2D eigenvalue weighted by molar-refractivity contribution is 5.81. The van der Waals surface area contributed by atoms with Crippen LogP contribution in [0.4, 0.5) is 0 Å². The third kappa shape index (κ3) is 7.37. The molecule has 0 aromatic carbocycles. The minimum absolute atomic E-state index is 0.0221. The first-order valence-corrected chi connectivity index (χ1v) is 10.7. The van der Waals surface area contributed by atoms with Crippen LogP contribution in [-0.2, 0) is 14.3 Å². The number of aliphatic carboxylic acids is 1. The number of allylic oxidation sites excluding steroid dienone is 1. The number of aliphatic hydroxyl groups excluding tert-OH is 5. The van der Waals surface area contributed by atoms with Crippen molar-refractivity contribution in [3.05, 3.63) is 11.6 Å². The lowest BCUT2D eigenvalue weighted by atomic mass is 9.94. The number of aliphatic hydroxyl groups is 5. The number of guanidine groups is 1. The minimum Gasteiger partial charge on any atom is -0.481 e. The Morgan fingerprint density at radius 2 is 2.06 bits per heavy atom. The maximum Gasteiger partial charge on any atom is 0.308 e. The smallest absolute Gasteiger partial charge is 0.308 e. The average molecular weight is 462 g/mol. The fourth-order valence-electron chi connectivity index (χ4n) is 3.64. The number of hydrogen-bond acceptors (Lipinski definition) is 11. The van der Waals surface area contributed by atoms with Crippen LogP contribution < -0.4 is 5.73 Å². The molecule has 0 aliphatic carbocycles. The van der Waals surface area contributed by atoms with Crippen molar-refractivity contribution in [2.75, 3.05) is 32.9 Å². The monoisotopic (exact) mass is 461 g/mol. The maximum absolute atomic E-state index is 11.7. The number of aliphatic imine (C=N–C) groups is 1. The van der Waals surface area contributed by atoms with Crippen LogP contribution in [0.25, 0.3) is 0 Å². The van der Waals surface area contributed by atoms with E-state index in [2.05, 4.69) is 4.99 Å². The zero-order valence-corrected chi connectivity index (χ0v) is 18.2. The summed E-state index contributed by atoms with van der Waals surface area (Å²) in [6.45, 7) is 1.93. The molecule has 184 valence electrons. The van der Waals surface area contributed by atoms with Gasteiger partial charge in [-0.1, -0.05) is 11.6 Å². The van der Waals surface area contributed by atoms with Crippen molar-refractivity contribution in [2.45, 2.75) is 62.9 Å². The van der Waals surface area contributed by atoms with Gasteiger partial charge in [-0.25, -0.2) is 4.99 Å². The quantitative estimate of drug-likeness (QED) is 0.153. The molecule has 0 aromatic heterocycles. The third-order valence-electron chi connectivity index (χ3n) is 5.65. The summed E-state index contributed by atoms with van der Waals surface area (Å²) >= 11 is 0. The van der Waals surface area contributed by atoms with Gasteiger partial charge in [0.2, 0.25) is 0 Å². The van der Waals surface area contributed by atoms with Crippen LogP contribution in [0.2, 0.25) is 0 Å². The van der Waals surface area contributed by atoms with Crippen LogP contribution in [0, 0.1) is 5.92 Å². The molecule has 1 unspecified atom stereocenters. The van der Waals surface area contributed by atoms with Crippen molar-refractivity contribution < 1.29 is 44.9 Å². The number of carbonyl (C=O) groups is 1. The van der Waals surface area contributed by atoms with E-state index in [1.54, 1.807) is 17.9 Å². The molecule has 0 radical (unpaired) electrons. The maximum atomic E-state index is 11.7. The van der Waals surface area contributed by atoms with Gasteiger partial charge in [0.25, 0.3) is 0 Å². The van der Waals surface area contributed by atoms with Crippen molar-refractivity contribution >= 4 is 11.9 Å². The molecule has 0 saturated carbocycles. The van der Waals surface area contributed by atoms with E-state index in [1.165, 1.54) is 0 Å². The number of rotatable bonds is 12. The lowest BCUT2D eigenvalue weighted by Gasteiger charge is -2.35. The molecule has 12 nitrogen and oxygen atoms in total. The highest BCUT2D eigenvalue weighted by atomic mass is 16.7. The third-order valence-corrected chi connectivity index (χ3v) is 5.65. The number of β-amino-alcohol motifs (C(OH)–C–C–N with tert-alkyl or cyclic N) is 1. The first-order chi connectivity index (χ1) is 15.1. The van der Waals surface area contributed by atoms with E-state index in [-0.39, 0.29) is 45.3 Å². The highest BCUT2D eigenvalue weighted by Gasteiger charge is 2.38. The molecule has 2 aliphatic rings. The summed E-state index contributed by atoms with van der Waals surface area (Å²) < 4.78 is 10.5. The summed E-state index contributed by atoms with van der Waals surface area (Å²) in [5.41, 5.74) is 6.71. The number of carboxylic acid groups (broad SMARTS) is 1. The zero-order chi connectivity index (χ0) is 23.8. The predicted molar refractivity (Wildman–Crippen MR) is 113 cm³/mol. The summed E-state index contributed by atoms with van der Waals surface area (Å²) in [6, 6.07) is -0.544. The molecule has 0 spiro atoms. The first kappa shape index (κ1) is 26.5. The van der Waals surface area contributed by atoms with Crippen LogP contribution in [0.3, 0.4) is 0 Å². The van der Waals surface area contributed by atoms with Crippen molar-refractivity contribution in [3.8, 4) is 0 Å². The van der Waals surface area contributed by atoms with E-state index in [0.717, 1.165) is 5.57 Å². The second kappa shape index (κ2) is 12.4. The van der Waals surface area contributed by atoms with Crippen LogP contribution >= 0.6 is 0 Å². The second-order valence-electron chi connectivity index (χ2n) is 8.25. The molecule has 1 saturated heterocycles. The Morgan fingerprint density at radius 1 is 1.34 bits per heavy atom. The molecule has 0 amide bonds. The van der Waals surface area contributed by atoms with E-state index in [4.69, 9.17) is 20.3 Å². The normalized spacial score (nSPS) is 30.8. The fraction of sp³-hybridized carbons (Fsp3) is 0.800. The molecule has 8 N–H and O–H groups in total. The molecule has 2 rings (SSSR count). The van der Waals surface area contributed by atoms with Gasteiger partial charge in [0, 0.05) is 13.1 Å². The van der Waals surface area contributed by atoms with E-state index in [0.29, 0.717) is 12.8 Å². The molecule has 0 aromatic rings. The largest absolute Gasteiger partial charge is 0.481 e. The molecule has 12 heteroatoms. The van der Waals surface area contributed by atoms with Crippen molar-refractivity contribution in [3.63, 3.8) is 0 Å². The fourth-order valence-corrected chi connectivity index (χ4v) is 3.64. The van der Waals surface area contributed by atoms with Gasteiger partial charge in [-0.05, 0) is 26.2 Å². The number of ether oxygens (including phenoxy) is 2. The van der Waals surface area contributed by atoms with Gasteiger partial charge in [-0.2, -0.15) is 0 Å². The van der Waals surface area contributed by atoms with Crippen molar-refractivity contribution in [1.29, 1.82) is 0 Å². The van der Waals surface area contributed by atoms with E-state index in [9.17, 15) is 30.3 Å². The van der Waals surface area contributed by atoms with Crippen molar-refractivity contribution in [2.24, 2.45) is 16.6 Å². The summed E-state index contributed by atoms with van der Waals surface area (Å²) in [5.74, 6) is -1.56. The number of nitrogens with two attached hydrogens (primary N) is 1. The molecule has 32 heavy (non-hydrogen) atoms. The van der Waals surface area contributed by atoms with Gasteiger partial charge in [0.05, 0.1) is 37.9 Å². The van der Waals surface area contributed by atoms with Crippen LogP contribution in [-0.4, -0.2) is 117 Å². The summed E-state index contributed by atoms with van der Waals surface area (Å²) in [7, 11) is 0. The van der Waals surface area contributed by atoms with Crippen LogP contribution in [0.1, 0.15) is 26.2 Å². The Hall–Kier alpha value is -1.80. The van der Waals surface area contributed by atoms with Gasteiger partial charge < -0.3 is 50.7 Å². The Bertz CT molecular complexity index is 675. The molecular formula is C20H35N3O9. The lowest BCUT2D eigenvalue weighted by molar-refractivity contribution is -0.270. The Balaban J connectivity index is 1.78. The topological polar surface area (TPSA) is 199 Å². The van der Waals surface area contributed by atoms with Crippen LogP contribution in [0.5, 0.6) is 0 Å². The lowest BCUT2D eigenvalue weighted by Crippen LogP contribution is -2.53. The molecule has 7 atom stereocenters. The van der Waals surface area contributed by atoms with Gasteiger partial charge >= 0.3 is 5.97 Å². The van der Waals surface area contributed by atoms with Gasteiger partial charge in [-0.15, -0.1) is 0 Å². The molecule has 1 fully saturated rings. The highest BCUT2D eigenvalue weighted by Crippen LogP contribution is 2.22. The minimum atomic E-state index is -1.40. The van der Waals surface area contributed by atoms with Crippen LogP contribution in [0.15, 0.2) is 16.6 Å². The van der Waals surface area contributed by atoms with Crippen molar-refractivity contribution in [1.82, 2.24) is 4.90 Å². The average Bonchev–Trinajstić information content (AvgIpc) is 3.10. The Labute approximate surface area is 186 Å². The summed E-state index contributed by atoms with van der Waals surface area (Å²) in [5, 5.41) is 57.8. The Kier molecular flexibility index (Phi) is 10.3. The number of carboxylic acids is 1. The molecular weight excluding hydrogens is 426 g/mol. The Morgan fingerprint density at radius 3 is 2.72 bits per heavy atom. The standard InChI is InChI=1S/C20H35N3O9/c1-11(9-24)3-2-4-13(18(29)30)14-8-23(20(21)22-14)7-12(25)5-6-31-19-17(28)16(27)15(26)10-32-19/h3,12-17,19,24-28H,2,4-10H2,1H3,(H2,21,22)(H,29,30)/b11-3-/t12?,13-,14+,15-,16+,17-,19+/m1/s1. The summed E-state index contributed by atoms with van der Waals surface area (Å²) in [6.07, 6.45) is -3.12. The zero-order valence-electron chi connectivity index (χ0n) is 18.2. The SMILES string of the molecule is C/C(=C/CC[C@@H](C(=O)O)[C@@H]1CN(CC(O)CCO[C@H]2OC[C@@H](O)[C@H](O)[C@H]2O)C(N)=N1)CO. The predicted octanol–water partition coefficient (Wildman–Crippen LogP) is -2.39. The molecule has 2 aliphatic heterocycles. The number of nitrogens with zero attached hydrogens (tertiary/aromatic N) is 2. The van der Waals surface area contributed by atoms with Gasteiger partial charge in [-0.3, -0.25) is 4.79 Å². The second-order valence-corrected chi connectivity index (χ2v) is 8.25. The van der Waals surface area contributed by atoms with Gasteiger partial charge in [0.1, 0.15) is 18.3 Å². The molecule has 0 bridgehead atoms.